The Morgan fingerprint density at radius 2 is 1.84 bits per heavy atom. The summed E-state index contributed by atoms with van der Waals surface area (Å²) < 4.78 is 0. The molecule has 4 rings (SSSR count). The average Bonchev–Trinajstić information content (AvgIpc) is 3.08. The molecule has 0 radical (unpaired) electrons. The number of hydrogen-bond donors (Lipinski definition) is 1. The van der Waals surface area contributed by atoms with Crippen LogP contribution in [0.3, 0.4) is 0 Å². The minimum absolute atomic E-state index is 0.157. The van der Waals surface area contributed by atoms with Crippen molar-refractivity contribution in [2.75, 3.05) is 13.1 Å². The second-order valence-corrected chi connectivity index (χ2v) is 6.95. The quantitative estimate of drug-likeness (QED) is 0.764. The average molecular weight is 333 g/mol. The molecule has 2 aromatic carbocycles. The van der Waals surface area contributed by atoms with Crippen molar-refractivity contribution in [2.24, 2.45) is 0 Å². The van der Waals surface area contributed by atoms with Gasteiger partial charge in [-0.1, -0.05) is 24.3 Å². The summed E-state index contributed by atoms with van der Waals surface area (Å²) in [6.45, 7) is 5.66. The van der Waals surface area contributed by atoms with E-state index in [1.807, 2.05) is 42.2 Å². The highest BCUT2D eigenvalue weighted by Gasteiger charge is 2.27. The molecule has 0 spiro atoms. The molecule has 1 fully saturated rings. The summed E-state index contributed by atoms with van der Waals surface area (Å²) in [5.74, 6) is 1.61. The van der Waals surface area contributed by atoms with Gasteiger partial charge < -0.3 is 9.88 Å². The molecule has 1 N–H and O–H groups in total. The topological polar surface area (TPSA) is 49.0 Å². The van der Waals surface area contributed by atoms with E-state index in [9.17, 15) is 4.79 Å². The smallest absolute Gasteiger partial charge is 0.254 e. The molecule has 128 valence electrons. The third-order valence-electron chi connectivity index (χ3n) is 5.41. The highest BCUT2D eigenvalue weighted by molar-refractivity contribution is 5.96. The number of para-hydroxylation sites is 2. The summed E-state index contributed by atoms with van der Waals surface area (Å²) in [7, 11) is 0. The number of aromatic nitrogens is 2. The fraction of sp³-hybridized carbons (Fsp3) is 0.333. The first-order valence-corrected chi connectivity index (χ1v) is 8.93. The number of aryl methyl sites for hydroxylation is 1. The summed E-state index contributed by atoms with van der Waals surface area (Å²) in [5, 5.41) is 0. The number of benzene rings is 2. The lowest BCUT2D eigenvalue weighted by Crippen LogP contribution is -2.38. The normalized spacial score (nSPS) is 15.7. The van der Waals surface area contributed by atoms with Gasteiger partial charge in [-0.25, -0.2) is 4.98 Å². The first kappa shape index (κ1) is 15.9. The first-order chi connectivity index (χ1) is 12.1. The molecule has 4 heteroatoms. The summed E-state index contributed by atoms with van der Waals surface area (Å²) in [5.41, 5.74) is 5.20. The van der Waals surface area contributed by atoms with Crippen molar-refractivity contribution in [1.29, 1.82) is 0 Å². The number of fused-ring (bicyclic) bond motifs is 1. The molecular weight excluding hydrogens is 310 g/mol. The Balaban J connectivity index is 1.47. The van der Waals surface area contributed by atoms with Gasteiger partial charge in [-0.05, 0) is 56.0 Å². The second-order valence-electron chi connectivity index (χ2n) is 6.95. The van der Waals surface area contributed by atoms with Gasteiger partial charge in [-0.3, -0.25) is 4.79 Å². The Kier molecular flexibility index (Phi) is 4.04. The fourth-order valence-electron chi connectivity index (χ4n) is 3.68. The van der Waals surface area contributed by atoms with Gasteiger partial charge in [0.1, 0.15) is 5.82 Å². The Morgan fingerprint density at radius 1 is 1.08 bits per heavy atom. The number of aromatic amines is 1. The third kappa shape index (κ3) is 2.93. The van der Waals surface area contributed by atoms with Crippen LogP contribution in [-0.4, -0.2) is 33.9 Å². The maximum absolute atomic E-state index is 12.9. The maximum atomic E-state index is 12.9. The van der Waals surface area contributed by atoms with Gasteiger partial charge in [0.05, 0.1) is 11.0 Å². The molecular formula is C21H23N3O. The van der Waals surface area contributed by atoms with Crippen molar-refractivity contribution in [3.05, 3.63) is 65.0 Å². The zero-order valence-electron chi connectivity index (χ0n) is 14.7. The molecule has 1 aliphatic heterocycles. The van der Waals surface area contributed by atoms with E-state index in [-0.39, 0.29) is 5.91 Å². The van der Waals surface area contributed by atoms with Crippen LogP contribution in [0.4, 0.5) is 0 Å². The number of nitrogens with zero attached hydrogens (tertiary/aromatic N) is 2. The van der Waals surface area contributed by atoms with Crippen LogP contribution in [0, 0.1) is 13.8 Å². The first-order valence-electron chi connectivity index (χ1n) is 8.93. The zero-order chi connectivity index (χ0) is 17.4. The molecule has 0 saturated carbocycles. The Bertz CT molecular complexity index is 887. The van der Waals surface area contributed by atoms with E-state index in [1.165, 1.54) is 5.56 Å². The van der Waals surface area contributed by atoms with Gasteiger partial charge in [-0.15, -0.1) is 0 Å². The van der Waals surface area contributed by atoms with Gasteiger partial charge in [0.25, 0.3) is 5.91 Å². The van der Waals surface area contributed by atoms with Crippen molar-refractivity contribution >= 4 is 16.9 Å². The zero-order valence-corrected chi connectivity index (χ0v) is 14.7. The number of piperidine rings is 1. The number of likely N-dealkylation sites (tertiary alicyclic amines) is 1. The van der Waals surface area contributed by atoms with Gasteiger partial charge in [-0.2, -0.15) is 0 Å². The molecule has 0 aliphatic carbocycles. The fourth-order valence-corrected chi connectivity index (χ4v) is 3.68. The summed E-state index contributed by atoms with van der Waals surface area (Å²) in [6, 6.07) is 14.1. The molecule has 0 bridgehead atoms. The maximum Gasteiger partial charge on any atom is 0.254 e. The molecule has 3 aromatic rings. The lowest BCUT2D eigenvalue weighted by Gasteiger charge is -2.31. The molecule has 4 nitrogen and oxygen atoms in total. The molecule has 0 atom stereocenters. The van der Waals surface area contributed by atoms with Gasteiger partial charge in [0, 0.05) is 24.6 Å². The lowest BCUT2D eigenvalue weighted by molar-refractivity contribution is 0.0710. The van der Waals surface area contributed by atoms with Crippen LogP contribution in [0.25, 0.3) is 11.0 Å². The number of rotatable bonds is 2. The van der Waals surface area contributed by atoms with Crippen LogP contribution in [-0.2, 0) is 0 Å². The van der Waals surface area contributed by atoms with Crippen molar-refractivity contribution < 1.29 is 4.79 Å². The van der Waals surface area contributed by atoms with E-state index in [1.54, 1.807) is 0 Å². The van der Waals surface area contributed by atoms with Gasteiger partial charge >= 0.3 is 0 Å². The number of imidazole rings is 1. The van der Waals surface area contributed by atoms with E-state index in [0.717, 1.165) is 53.9 Å². The minimum Gasteiger partial charge on any atom is -0.342 e. The van der Waals surface area contributed by atoms with Crippen LogP contribution < -0.4 is 0 Å². The van der Waals surface area contributed by atoms with Gasteiger partial charge in [0.15, 0.2) is 0 Å². The largest absolute Gasteiger partial charge is 0.342 e. The van der Waals surface area contributed by atoms with E-state index in [2.05, 4.69) is 24.0 Å². The number of amides is 1. The van der Waals surface area contributed by atoms with Crippen LogP contribution in [0.1, 0.15) is 46.1 Å². The lowest BCUT2D eigenvalue weighted by atomic mass is 9.95. The standard InChI is InChI=1S/C21H23N3O/c1-14-6-5-7-17(15(14)2)21(25)24-12-10-16(11-13-24)20-22-18-8-3-4-9-19(18)23-20/h3-9,16H,10-13H2,1-2H3,(H,22,23). The van der Waals surface area contributed by atoms with Crippen molar-refractivity contribution in [1.82, 2.24) is 14.9 Å². The Labute approximate surface area is 147 Å². The Morgan fingerprint density at radius 3 is 2.60 bits per heavy atom. The Hall–Kier alpha value is -2.62. The molecule has 1 amide bonds. The number of H-pyrrole nitrogens is 1. The number of hydrogen-bond acceptors (Lipinski definition) is 2. The molecule has 1 aromatic heterocycles. The predicted molar refractivity (Wildman–Crippen MR) is 99.9 cm³/mol. The molecule has 2 heterocycles. The van der Waals surface area contributed by atoms with Crippen LogP contribution in [0.5, 0.6) is 0 Å². The van der Waals surface area contributed by atoms with Crippen LogP contribution in [0.15, 0.2) is 42.5 Å². The van der Waals surface area contributed by atoms with Crippen LogP contribution in [0.2, 0.25) is 0 Å². The van der Waals surface area contributed by atoms with E-state index >= 15 is 0 Å². The van der Waals surface area contributed by atoms with Gasteiger partial charge in [0.2, 0.25) is 0 Å². The minimum atomic E-state index is 0.157. The summed E-state index contributed by atoms with van der Waals surface area (Å²) in [4.78, 5) is 23.0. The van der Waals surface area contributed by atoms with Crippen LogP contribution >= 0.6 is 0 Å². The monoisotopic (exact) mass is 333 g/mol. The summed E-state index contributed by atoms with van der Waals surface area (Å²) >= 11 is 0. The molecule has 25 heavy (non-hydrogen) atoms. The second kappa shape index (κ2) is 6.36. The number of carbonyl (C=O) groups is 1. The van der Waals surface area contributed by atoms with Crippen molar-refractivity contribution in [2.45, 2.75) is 32.6 Å². The SMILES string of the molecule is Cc1cccc(C(=O)N2CCC(c3nc4ccccc4[nH]3)CC2)c1C. The number of nitrogens with one attached hydrogen (secondary N) is 1. The van der Waals surface area contributed by atoms with E-state index < -0.39 is 0 Å². The predicted octanol–water partition coefficient (Wildman–Crippen LogP) is 4.20. The molecule has 1 aliphatic rings. The number of carbonyl (C=O) groups excluding carboxylic acids is 1. The highest BCUT2D eigenvalue weighted by atomic mass is 16.2. The van der Waals surface area contributed by atoms with Crippen molar-refractivity contribution in [3.8, 4) is 0 Å². The molecule has 0 unspecified atom stereocenters. The third-order valence-corrected chi connectivity index (χ3v) is 5.41. The van der Waals surface area contributed by atoms with E-state index in [4.69, 9.17) is 4.98 Å². The van der Waals surface area contributed by atoms with Crippen molar-refractivity contribution in [3.63, 3.8) is 0 Å². The molecule has 1 saturated heterocycles. The van der Waals surface area contributed by atoms with E-state index in [0.29, 0.717) is 5.92 Å². The highest BCUT2D eigenvalue weighted by Crippen LogP contribution is 2.28. The summed E-state index contributed by atoms with van der Waals surface area (Å²) in [6.07, 6.45) is 1.91.